The van der Waals surface area contributed by atoms with Crippen molar-refractivity contribution in [1.82, 2.24) is 0 Å². The van der Waals surface area contributed by atoms with Crippen LogP contribution in [0.4, 0.5) is 0 Å². The topological polar surface area (TPSA) is 26.3 Å². The van der Waals surface area contributed by atoms with Gasteiger partial charge in [-0.25, -0.2) is 0 Å². The minimum Gasteiger partial charge on any atom is -0.382 e. The molecule has 2 heteroatoms. The Labute approximate surface area is 109 Å². The number of carbonyl (C=O) groups excluding carboxylic acids is 1. The smallest absolute Gasteiger partial charge is 0.136 e. The minimum atomic E-state index is 0.175. The summed E-state index contributed by atoms with van der Waals surface area (Å²) in [5.41, 5.74) is 1.38. The van der Waals surface area contributed by atoms with Gasteiger partial charge in [0.1, 0.15) is 5.78 Å². The summed E-state index contributed by atoms with van der Waals surface area (Å²) >= 11 is 0. The third-order valence-corrected chi connectivity index (χ3v) is 4.05. The molecule has 0 heterocycles. The quantitative estimate of drug-likeness (QED) is 0.812. The maximum absolute atomic E-state index is 12.0. The first-order chi connectivity index (χ1) is 8.70. The molecule has 0 aliphatic heterocycles. The average molecular weight is 246 g/mol. The van der Waals surface area contributed by atoms with E-state index < -0.39 is 0 Å². The van der Waals surface area contributed by atoms with Crippen molar-refractivity contribution in [2.24, 2.45) is 5.92 Å². The number of benzene rings is 1. The first-order valence-electron chi connectivity index (χ1n) is 6.81. The predicted octanol–water partition coefficient (Wildman–Crippen LogP) is 3.56. The first-order valence-corrected chi connectivity index (χ1v) is 6.81. The molecule has 0 bridgehead atoms. The van der Waals surface area contributed by atoms with Crippen molar-refractivity contribution >= 4 is 5.78 Å². The Hall–Kier alpha value is -1.15. The van der Waals surface area contributed by atoms with Crippen molar-refractivity contribution in [2.45, 2.75) is 44.6 Å². The van der Waals surface area contributed by atoms with Crippen molar-refractivity contribution < 1.29 is 9.53 Å². The van der Waals surface area contributed by atoms with Gasteiger partial charge in [-0.05, 0) is 37.7 Å². The van der Waals surface area contributed by atoms with E-state index in [0.29, 0.717) is 11.7 Å². The molecule has 0 amide bonds. The summed E-state index contributed by atoms with van der Waals surface area (Å²) in [4.78, 5) is 12.0. The summed E-state index contributed by atoms with van der Waals surface area (Å²) in [5, 5.41) is 0. The highest BCUT2D eigenvalue weighted by Gasteiger charge is 2.30. The number of methoxy groups -OCH3 is 1. The second-order valence-corrected chi connectivity index (χ2v) is 5.33. The molecule has 2 nitrogen and oxygen atoms in total. The molecule has 0 aromatic heterocycles. The normalized spacial score (nSPS) is 26.0. The molecule has 18 heavy (non-hydrogen) atoms. The molecule has 0 saturated heterocycles. The molecule has 1 aromatic carbocycles. The molecular formula is C16H22O2. The molecule has 98 valence electrons. The van der Waals surface area contributed by atoms with Crippen LogP contribution in [0.1, 0.15) is 44.1 Å². The Bertz CT molecular complexity index is 385. The van der Waals surface area contributed by atoms with Crippen LogP contribution in [0.2, 0.25) is 0 Å². The zero-order chi connectivity index (χ0) is 13.0. The van der Waals surface area contributed by atoms with E-state index in [1.165, 1.54) is 5.56 Å². The van der Waals surface area contributed by atoms with Gasteiger partial charge >= 0.3 is 0 Å². The Kier molecular flexibility index (Phi) is 4.54. The number of rotatable bonds is 4. The third-order valence-electron chi connectivity index (χ3n) is 4.05. The lowest BCUT2D eigenvalue weighted by Gasteiger charge is -2.29. The molecule has 3 atom stereocenters. The number of hydrogen-bond donors (Lipinski definition) is 0. The molecule has 1 fully saturated rings. The van der Waals surface area contributed by atoms with Gasteiger partial charge in [-0.2, -0.15) is 0 Å². The maximum atomic E-state index is 12.0. The summed E-state index contributed by atoms with van der Waals surface area (Å²) in [6, 6.07) is 10.6. The first kappa shape index (κ1) is 13.3. The summed E-state index contributed by atoms with van der Waals surface area (Å²) < 4.78 is 5.29. The lowest BCUT2D eigenvalue weighted by Crippen LogP contribution is -2.27. The summed E-state index contributed by atoms with van der Waals surface area (Å²) in [5.74, 6) is 1.14. The van der Waals surface area contributed by atoms with Gasteiger partial charge in [-0.1, -0.05) is 30.3 Å². The van der Waals surface area contributed by atoms with Gasteiger partial charge in [0.25, 0.3) is 0 Å². The Morgan fingerprint density at radius 3 is 2.72 bits per heavy atom. The molecule has 0 N–H and O–H groups in total. The van der Waals surface area contributed by atoms with Crippen LogP contribution in [0, 0.1) is 5.92 Å². The highest BCUT2D eigenvalue weighted by atomic mass is 16.5. The largest absolute Gasteiger partial charge is 0.382 e. The highest BCUT2D eigenvalue weighted by molar-refractivity contribution is 5.82. The number of Topliss-reactive ketones (excluding diaryl/α,β-unsaturated/α-hetero) is 1. The van der Waals surface area contributed by atoms with Crippen molar-refractivity contribution in [3.05, 3.63) is 35.9 Å². The van der Waals surface area contributed by atoms with E-state index in [1.807, 2.05) is 13.0 Å². The van der Waals surface area contributed by atoms with Gasteiger partial charge in [0, 0.05) is 19.4 Å². The van der Waals surface area contributed by atoms with Crippen LogP contribution >= 0.6 is 0 Å². The number of hydrogen-bond acceptors (Lipinski definition) is 2. The summed E-state index contributed by atoms with van der Waals surface area (Å²) in [6.45, 7) is 2.04. The van der Waals surface area contributed by atoms with E-state index in [9.17, 15) is 4.79 Å². The SMILES string of the molecule is COC(C)CC1CC(c2ccccc2)CCC1=O. The van der Waals surface area contributed by atoms with Crippen LogP contribution in [0.5, 0.6) is 0 Å². The summed E-state index contributed by atoms with van der Waals surface area (Å²) in [6.07, 6.45) is 3.74. The molecule has 0 spiro atoms. The fourth-order valence-electron chi connectivity index (χ4n) is 2.87. The van der Waals surface area contributed by atoms with Crippen LogP contribution in [-0.2, 0) is 9.53 Å². The molecule has 1 aliphatic carbocycles. The van der Waals surface area contributed by atoms with Gasteiger partial charge in [-0.3, -0.25) is 4.79 Å². The van der Waals surface area contributed by atoms with Crippen molar-refractivity contribution in [3.63, 3.8) is 0 Å². The maximum Gasteiger partial charge on any atom is 0.136 e. The zero-order valence-corrected chi connectivity index (χ0v) is 11.3. The van der Waals surface area contributed by atoms with Crippen LogP contribution in [0.25, 0.3) is 0 Å². The van der Waals surface area contributed by atoms with Crippen LogP contribution in [0.3, 0.4) is 0 Å². The standard InChI is InChI=1S/C16H22O2/c1-12(18-2)10-15-11-14(8-9-16(15)17)13-6-4-3-5-7-13/h3-7,12,14-15H,8-11H2,1-2H3. The van der Waals surface area contributed by atoms with Crippen LogP contribution < -0.4 is 0 Å². The molecule has 2 rings (SSSR count). The summed E-state index contributed by atoms with van der Waals surface area (Å²) in [7, 11) is 1.71. The number of ketones is 1. The monoisotopic (exact) mass is 246 g/mol. The van der Waals surface area contributed by atoms with Gasteiger partial charge in [0.15, 0.2) is 0 Å². The van der Waals surface area contributed by atoms with Gasteiger partial charge < -0.3 is 4.74 Å². The van der Waals surface area contributed by atoms with Gasteiger partial charge in [0.2, 0.25) is 0 Å². The number of ether oxygens (including phenoxy) is 1. The van der Waals surface area contributed by atoms with Gasteiger partial charge in [-0.15, -0.1) is 0 Å². The zero-order valence-electron chi connectivity index (χ0n) is 11.3. The van der Waals surface area contributed by atoms with Crippen molar-refractivity contribution in [3.8, 4) is 0 Å². The van der Waals surface area contributed by atoms with Crippen LogP contribution in [-0.4, -0.2) is 19.0 Å². The van der Waals surface area contributed by atoms with Gasteiger partial charge in [0.05, 0.1) is 6.10 Å². The van der Waals surface area contributed by atoms with E-state index in [4.69, 9.17) is 4.74 Å². The molecule has 3 unspecified atom stereocenters. The van der Waals surface area contributed by atoms with E-state index in [1.54, 1.807) is 7.11 Å². The van der Waals surface area contributed by atoms with Crippen LogP contribution in [0.15, 0.2) is 30.3 Å². The van der Waals surface area contributed by atoms with E-state index in [0.717, 1.165) is 25.7 Å². The second kappa shape index (κ2) is 6.14. The van der Waals surface area contributed by atoms with E-state index >= 15 is 0 Å². The lowest BCUT2D eigenvalue weighted by atomic mass is 9.75. The van der Waals surface area contributed by atoms with E-state index in [2.05, 4.69) is 24.3 Å². The second-order valence-electron chi connectivity index (χ2n) is 5.33. The predicted molar refractivity (Wildman–Crippen MR) is 72.6 cm³/mol. The Balaban J connectivity index is 2.02. The minimum absolute atomic E-state index is 0.175. The Morgan fingerprint density at radius 1 is 1.33 bits per heavy atom. The van der Waals surface area contributed by atoms with Crippen molar-refractivity contribution in [2.75, 3.05) is 7.11 Å². The van der Waals surface area contributed by atoms with Crippen molar-refractivity contribution in [1.29, 1.82) is 0 Å². The molecule has 1 saturated carbocycles. The molecule has 0 radical (unpaired) electrons. The highest BCUT2D eigenvalue weighted by Crippen LogP contribution is 2.36. The molecular weight excluding hydrogens is 224 g/mol. The number of carbonyl (C=O) groups is 1. The fraction of sp³-hybridized carbons (Fsp3) is 0.562. The Morgan fingerprint density at radius 2 is 2.06 bits per heavy atom. The third kappa shape index (κ3) is 3.20. The van der Waals surface area contributed by atoms with E-state index in [-0.39, 0.29) is 12.0 Å². The fourth-order valence-corrected chi connectivity index (χ4v) is 2.87. The average Bonchev–Trinajstić information content (AvgIpc) is 2.42. The molecule has 1 aromatic rings. The lowest BCUT2D eigenvalue weighted by molar-refractivity contribution is -0.126. The molecule has 1 aliphatic rings.